The van der Waals surface area contributed by atoms with Gasteiger partial charge >= 0.3 is 16.4 Å². The summed E-state index contributed by atoms with van der Waals surface area (Å²) in [6.45, 7) is 2.23. The lowest BCUT2D eigenvalue weighted by Gasteiger charge is -2.38. The summed E-state index contributed by atoms with van der Waals surface area (Å²) >= 11 is 0. The van der Waals surface area contributed by atoms with Crippen LogP contribution in [0.4, 0.5) is 0 Å². The molecule has 0 radical (unpaired) electrons. The lowest BCUT2D eigenvalue weighted by molar-refractivity contribution is -0.342. The van der Waals surface area contributed by atoms with Crippen LogP contribution in [0.1, 0.15) is 84.0 Å². The molecule has 0 saturated carbocycles. The zero-order chi connectivity index (χ0) is 19.5. The SMILES string of the molecule is CCCCCCCCCCCCC/C=C/[C@@H](O)[C@H](N)C1(O)OS(=O)(=O)O1. The van der Waals surface area contributed by atoms with Crippen LogP contribution >= 0.6 is 0 Å². The van der Waals surface area contributed by atoms with Crippen molar-refractivity contribution in [3.8, 4) is 0 Å². The quantitative estimate of drug-likeness (QED) is 0.289. The van der Waals surface area contributed by atoms with Crippen LogP contribution in [-0.2, 0) is 18.8 Å². The molecule has 0 aromatic rings. The van der Waals surface area contributed by atoms with Gasteiger partial charge in [0.1, 0.15) is 6.04 Å². The van der Waals surface area contributed by atoms with E-state index in [-0.39, 0.29) is 0 Å². The Kier molecular flexibility index (Phi) is 10.9. The lowest BCUT2D eigenvalue weighted by Crippen LogP contribution is -2.65. The topological polar surface area (TPSA) is 119 Å². The first-order valence-electron chi connectivity index (χ1n) is 9.79. The Labute approximate surface area is 157 Å². The highest BCUT2D eigenvalue weighted by molar-refractivity contribution is 7.82. The van der Waals surface area contributed by atoms with Crippen molar-refractivity contribution in [3.05, 3.63) is 12.2 Å². The van der Waals surface area contributed by atoms with E-state index in [1.807, 2.05) is 0 Å². The molecule has 1 rings (SSSR count). The van der Waals surface area contributed by atoms with E-state index in [0.717, 1.165) is 19.3 Å². The van der Waals surface area contributed by atoms with E-state index in [9.17, 15) is 18.6 Å². The number of rotatable bonds is 15. The summed E-state index contributed by atoms with van der Waals surface area (Å²) in [6, 6.07) is -1.40. The van der Waals surface area contributed by atoms with Crippen LogP contribution in [0.2, 0.25) is 0 Å². The Hall–Kier alpha value is -0.510. The summed E-state index contributed by atoms with van der Waals surface area (Å²) in [6.07, 6.45) is 16.7. The first kappa shape index (κ1) is 23.5. The molecule has 0 spiro atoms. The maximum absolute atomic E-state index is 10.8. The Balaban J connectivity index is 1.99. The fraction of sp³-hybridized carbons (Fsp3) is 0.889. The maximum atomic E-state index is 10.8. The van der Waals surface area contributed by atoms with Crippen molar-refractivity contribution >= 4 is 10.4 Å². The van der Waals surface area contributed by atoms with Crippen molar-refractivity contribution in [1.82, 2.24) is 0 Å². The van der Waals surface area contributed by atoms with Crippen molar-refractivity contribution < 1.29 is 27.0 Å². The van der Waals surface area contributed by atoms with Gasteiger partial charge in [-0.2, -0.15) is 16.8 Å². The highest BCUT2D eigenvalue weighted by Gasteiger charge is 2.57. The number of nitrogens with two attached hydrogens (primary N) is 1. The standard InChI is InChI=1S/C18H35NO6S/c1-2-3-4-5-6-7-8-9-10-11-12-13-14-15-16(20)17(19)18(21)24-26(22,23)25-18/h14-17,20-21H,2-13,19H2,1H3/b15-14+/t16-,17+/m1/s1. The fourth-order valence-electron chi connectivity index (χ4n) is 2.91. The summed E-state index contributed by atoms with van der Waals surface area (Å²) in [4.78, 5) is 0. The maximum Gasteiger partial charge on any atom is 0.409 e. The Morgan fingerprint density at radius 2 is 1.42 bits per heavy atom. The summed E-state index contributed by atoms with van der Waals surface area (Å²) in [7, 11) is -4.18. The van der Waals surface area contributed by atoms with Gasteiger partial charge in [0, 0.05) is 0 Å². The summed E-state index contributed by atoms with van der Waals surface area (Å²) in [5.74, 6) is -2.49. The Morgan fingerprint density at radius 1 is 0.962 bits per heavy atom. The molecule has 0 bridgehead atoms. The monoisotopic (exact) mass is 393 g/mol. The summed E-state index contributed by atoms with van der Waals surface area (Å²) < 4.78 is 29.9. The van der Waals surface area contributed by atoms with Crippen molar-refractivity contribution in [2.24, 2.45) is 5.73 Å². The number of allylic oxidation sites excluding steroid dienone is 1. The third-order valence-corrected chi connectivity index (χ3v) is 5.43. The van der Waals surface area contributed by atoms with E-state index in [1.165, 1.54) is 63.9 Å². The minimum absolute atomic E-state index is 0.791. The van der Waals surface area contributed by atoms with Crippen LogP contribution in [0, 0.1) is 0 Å². The average Bonchev–Trinajstić information content (AvgIpc) is 2.56. The first-order chi connectivity index (χ1) is 12.3. The van der Waals surface area contributed by atoms with Gasteiger partial charge in [0.05, 0.1) is 6.10 Å². The zero-order valence-corrected chi connectivity index (χ0v) is 16.6. The molecule has 0 aliphatic carbocycles. The molecule has 0 unspecified atom stereocenters. The van der Waals surface area contributed by atoms with Gasteiger partial charge in [0.15, 0.2) is 0 Å². The van der Waals surface area contributed by atoms with Crippen molar-refractivity contribution in [2.75, 3.05) is 0 Å². The largest absolute Gasteiger partial charge is 0.409 e. The van der Waals surface area contributed by atoms with Crippen LogP contribution < -0.4 is 5.73 Å². The second-order valence-electron chi connectivity index (χ2n) is 6.97. The van der Waals surface area contributed by atoms with E-state index in [0.29, 0.717) is 0 Å². The third-order valence-electron chi connectivity index (χ3n) is 4.54. The van der Waals surface area contributed by atoms with Gasteiger partial charge in [-0.25, -0.2) is 0 Å². The highest BCUT2D eigenvalue weighted by atomic mass is 32.3. The van der Waals surface area contributed by atoms with Crippen LogP contribution in [0.15, 0.2) is 12.2 Å². The van der Waals surface area contributed by atoms with Gasteiger partial charge in [0.25, 0.3) is 0 Å². The molecule has 26 heavy (non-hydrogen) atoms. The molecule has 0 aromatic carbocycles. The highest BCUT2D eigenvalue weighted by Crippen LogP contribution is 2.31. The zero-order valence-electron chi connectivity index (χ0n) is 15.8. The second kappa shape index (κ2) is 12.0. The van der Waals surface area contributed by atoms with Crippen molar-refractivity contribution in [2.45, 2.75) is 102 Å². The van der Waals surface area contributed by atoms with E-state index in [4.69, 9.17) is 5.73 Å². The summed E-state index contributed by atoms with van der Waals surface area (Å²) in [5.41, 5.74) is 5.56. The van der Waals surface area contributed by atoms with Crippen molar-refractivity contribution in [1.29, 1.82) is 0 Å². The van der Waals surface area contributed by atoms with Gasteiger partial charge in [-0.1, -0.05) is 83.3 Å². The van der Waals surface area contributed by atoms with Gasteiger partial charge in [-0.15, -0.1) is 0 Å². The fourth-order valence-corrected chi connectivity index (χ4v) is 3.73. The molecule has 0 amide bonds. The molecule has 2 atom stereocenters. The normalized spacial score (nSPS) is 20.8. The van der Waals surface area contributed by atoms with Crippen LogP contribution in [-0.4, -0.2) is 36.7 Å². The number of aliphatic hydroxyl groups excluding tert-OH is 1. The van der Waals surface area contributed by atoms with Gasteiger partial charge in [-0.3, -0.25) is 0 Å². The molecule has 7 nitrogen and oxygen atoms in total. The van der Waals surface area contributed by atoms with Gasteiger partial charge in [-0.05, 0) is 12.8 Å². The molecule has 154 valence electrons. The van der Waals surface area contributed by atoms with E-state index in [1.54, 1.807) is 6.08 Å². The Morgan fingerprint density at radius 3 is 1.88 bits per heavy atom. The molecule has 8 heteroatoms. The second-order valence-corrected chi connectivity index (χ2v) is 8.12. The Bertz CT molecular complexity index is 496. The first-order valence-corrected chi connectivity index (χ1v) is 11.1. The molecule has 1 fully saturated rings. The summed E-state index contributed by atoms with van der Waals surface area (Å²) in [5, 5.41) is 19.5. The molecule has 1 aliphatic rings. The molecular formula is C18H35NO6S. The van der Waals surface area contributed by atoms with Crippen LogP contribution in [0.5, 0.6) is 0 Å². The minimum Gasteiger partial charge on any atom is -0.387 e. The molecule has 1 saturated heterocycles. The molecule has 0 aromatic heterocycles. The number of aliphatic hydroxyl groups is 2. The lowest BCUT2D eigenvalue weighted by atomic mass is 10.0. The average molecular weight is 394 g/mol. The van der Waals surface area contributed by atoms with Gasteiger partial charge < -0.3 is 15.9 Å². The number of hydrogen-bond donors (Lipinski definition) is 3. The third kappa shape index (κ3) is 8.92. The van der Waals surface area contributed by atoms with Gasteiger partial charge in [0.2, 0.25) is 0 Å². The minimum atomic E-state index is -4.18. The molecular weight excluding hydrogens is 358 g/mol. The van der Waals surface area contributed by atoms with Crippen LogP contribution in [0.25, 0.3) is 0 Å². The van der Waals surface area contributed by atoms with E-state index >= 15 is 0 Å². The predicted octanol–water partition coefficient (Wildman–Crippen LogP) is 2.87. The predicted molar refractivity (Wildman–Crippen MR) is 100 cm³/mol. The molecule has 1 aliphatic heterocycles. The molecule has 4 N–H and O–H groups in total. The van der Waals surface area contributed by atoms with Crippen LogP contribution in [0.3, 0.4) is 0 Å². The number of unbranched alkanes of at least 4 members (excludes halogenated alkanes) is 11. The van der Waals surface area contributed by atoms with E-state index in [2.05, 4.69) is 15.3 Å². The number of hydrogen-bond acceptors (Lipinski definition) is 7. The van der Waals surface area contributed by atoms with E-state index < -0.39 is 28.5 Å². The molecule has 1 heterocycles. The van der Waals surface area contributed by atoms with Crippen molar-refractivity contribution in [3.63, 3.8) is 0 Å². The smallest absolute Gasteiger partial charge is 0.387 e.